The molecule has 0 saturated heterocycles. The SMILES string of the molecule is C=CC1(C)CC/C=C(/C)CC[C@@H]2[C@H](C(=O)O1)C2(C)C. The maximum atomic E-state index is 12.4. The van der Waals surface area contributed by atoms with Crippen LogP contribution < -0.4 is 0 Å². The van der Waals surface area contributed by atoms with Crippen molar-refractivity contribution in [2.24, 2.45) is 17.3 Å². The summed E-state index contributed by atoms with van der Waals surface area (Å²) in [6.45, 7) is 12.3. The van der Waals surface area contributed by atoms with E-state index in [1.165, 1.54) is 5.57 Å². The molecule has 0 bridgehead atoms. The molecule has 2 rings (SSSR count). The number of allylic oxidation sites excluding steroid dienone is 2. The molecule has 2 aliphatic rings. The molecule has 19 heavy (non-hydrogen) atoms. The Kier molecular flexibility index (Phi) is 3.63. The highest BCUT2D eigenvalue weighted by Crippen LogP contribution is 2.61. The number of ether oxygens (including phenoxy) is 1. The van der Waals surface area contributed by atoms with Gasteiger partial charge in [-0.3, -0.25) is 4.79 Å². The molecule has 1 saturated carbocycles. The van der Waals surface area contributed by atoms with Crippen LogP contribution in [0.5, 0.6) is 0 Å². The quantitative estimate of drug-likeness (QED) is 0.521. The minimum Gasteiger partial charge on any atom is -0.455 e. The summed E-state index contributed by atoms with van der Waals surface area (Å²) in [5.41, 5.74) is 1.00. The number of hydrogen-bond donors (Lipinski definition) is 0. The standard InChI is InChI=1S/C17H26O2/c1-6-17(5)11-7-8-12(2)9-10-13-14(15(18)19-17)16(13,3)4/h6,8,13-14H,1,7,9-11H2,2-5H3/b12-8-/t13-,14-,17?/m1/s1. The molecule has 1 heterocycles. The summed E-state index contributed by atoms with van der Waals surface area (Å²) >= 11 is 0. The van der Waals surface area contributed by atoms with Crippen LogP contribution in [0, 0.1) is 17.3 Å². The third-order valence-electron chi connectivity index (χ3n) is 5.05. The van der Waals surface area contributed by atoms with Gasteiger partial charge in [0.05, 0.1) is 5.92 Å². The second-order valence-electron chi connectivity index (χ2n) is 6.97. The third kappa shape index (κ3) is 2.77. The van der Waals surface area contributed by atoms with Crippen LogP contribution in [0.1, 0.15) is 53.4 Å². The number of carbonyl (C=O) groups is 1. The summed E-state index contributed by atoms with van der Waals surface area (Å²) < 4.78 is 5.76. The highest BCUT2D eigenvalue weighted by Gasteiger charge is 2.62. The van der Waals surface area contributed by atoms with Gasteiger partial charge in [0.25, 0.3) is 0 Å². The molecule has 0 spiro atoms. The van der Waals surface area contributed by atoms with Crippen molar-refractivity contribution in [1.82, 2.24) is 0 Å². The van der Waals surface area contributed by atoms with E-state index in [1.54, 1.807) is 6.08 Å². The lowest BCUT2D eigenvalue weighted by Gasteiger charge is -2.26. The van der Waals surface area contributed by atoms with Crippen LogP contribution in [-0.4, -0.2) is 11.6 Å². The zero-order chi connectivity index (χ0) is 14.3. The van der Waals surface area contributed by atoms with E-state index in [2.05, 4.69) is 33.4 Å². The Labute approximate surface area is 116 Å². The average Bonchev–Trinajstić information content (AvgIpc) is 2.88. The minimum absolute atomic E-state index is 0.0306. The maximum absolute atomic E-state index is 12.4. The fourth-order valence-corrected chi connectivity index (χ4v) is 3.33. The summed E-state index contributed by atoms with van der Waals surface area (Å²) in [6, 6.07) is 0. The summed E-state index contributed by atoms with van der Waals surface area (Å²) in [5.74, 6) is 0.505. The van der Waals surface area contributed by atoms with E-state index in [9.17, 15) is 4.79 Å². The molecular formula is C17H26O2. The fourth-order valence-electron chi connectivity index (χ4n) is 3.33. The highest BCUT2D eigenvalue weighted by atomic mass is 16.6. The van der Waals surface area contributed by atoms with Gasteiger partial charge in [0.1, 0.15) is 5.60 Å². The van der Waals surface area contributed by atoms with Crippen molar-refractivity contribution in [2.75, 3.05) is 0 Å². The molecule has 2 heteroatoms. The van der Waals surface area contributed by atoms with Crippen LogP contribution in [0.3, 0.4) is 0 Å². The third-order valence-corrected chi connectivity index (χ3v) is 5.05. The van der Waals surface area contributed by atoms with Crippen molar-refractivity contribution in [3.8, 4) is 0 Å². The Hall–Kier alpha value is -1.05. The van der Waals surface area contributed by atoms with Gasteiger partial charge in [-0.05, 0) is 56.9 Å². The molecule has 2 nitrogen and oxygen atoms in total. The summed E-state index contributed by atoms with van der Waals surface area (Å²) in [7, 11) is 0. The van der Waals surface area contributed by atoms with Crippen LogP contribution in [-0.2, 0) is 9.53 Å². The van der Waals surface area contributed by atoms with Gasteiger partial charge in [-0.1, -0.05) is 32.1 Å². The monoisotopic (exact) mass is 262 g/mol. The first-order valence-corrected chi connectivity index (χ1v) is 7.32. The Morgan fingerprint density at radius 3 is 2.74 bits per heavy atom. The first kappa shape index (κ1) is 14.4. The average molecular weight is 262 g/mol. The number of cyclic esters (lactones) is 1. The fraction of sp³-hybridized carbons (Fsp3) is 0.706. The lowest BCUT2D eigenvalue weighted by Crippen LogP contribution is -2.30. The first-order valence-electron chi connectivity index (χ1n) is 7.32. The zero-order valence-corrected chi connectivity index (χ0v) is 12.7. The second kappa shape index (κ2) is 4.81. The molecule has 1 aliphatic carbocycles. The van der Waals surface area contributed by atoms with Crippen LogP contribution in [0.2, 0.25) is 0 Å². The van der Waals surface area contributed by atoms with E-state index in [0.29, 0.717) is 5.92 Å². The number of rotatable bonds is 1. The number of esters is 1. The number of fused-ring (bicyclic) bond motifs is 1. The van der Waals surface area contributed by atoms with Crippen molar-refractivity contribution in [1.29, 1.82) is 0 Å². The molecule has 1 unspecified atom stereocenters. The van der Waals surface area contributed by atoms with E-state index in [1.807, 2.05) is 6.92 Å². The predicted octanol–water partition coefficient (Wildman–Crippen LogP) is 4.27. The minimum atomic E-state index is -0.526. The van der Waals surface area contributed by atoms with Gasteiger partial charge in [-0.2, -0.15) is 0 Å². The molecule has 106 valence electrons. The first-order chi connectivity index (χ1) is 8.80. The molecule has 0 aromatic carbocycles. The Bertz CT molecular complexity index is 419. The summed E-state index contributed by atoms with van der Waals surface area (Å²) in [5, 5.41) is 0. The molecule has 1 fully saturated rings. The lowest BCUT2D eigenvalue weighted by atomic mass is 9.97. The molecule has 0 N–H and O–H groups in total. The Morgan fingerprint density at radius 1 is 1.42 bits per heavy atom. The van der Waals surface area contributed by atoms with Crippen LogP contribution in [0.25, 0.3) is 0 Å². The lowest BCUT2D eigenvalue weighted by molar-refractivity contribution is -0.157. The normalized spacial score (nSPS) is 41.1. The summed E-state index contributed by atoms with van der Waals surface area (Å²) in [4.78, 5) is 12.4. The summed E-state index contributed by atoms with van der Waals surface area (Å²) in [6.07, 6.45) is 8.02. The Morgan fingerprint density at radius 2 is 2.11 bits per heavy atom. The number of carbonyl (C=O) groups excluding carboxylic acids is 1. The largest absolute Gasteiger partial charge is 0.455 e. The van der Waals surface area contributed by atoms with Crippen molar-refractivity contribution in [3.05, 3.63) is 24.3 Å². The molecular weight excluding hydrogens is 236 g/mol. The van der Waals surface area contributed by atoms with Gasteiger partial charge in [-0.25, -0.2) is 0 Å². The molecule has 3 atom stereocenters. The number of hydrogen-bond acceptors (Lipinski definition) is 2. The van der Waals surface area contributed by atoms with Gasteiger partial charge in [0.15, 0.2) is 0 Å². The van der Waals surface area contributed by atoms with Crippen molar-refractivity contribution in [3.63, 3.8) is 0 Å². The molecule has 0 radical (unpaired) electrons. The van der Waals surface area contributed by atoms with Crippen LogP contribution in [0.15, 0.2) is 24.3 Å². The molecule has 0 aromatic rings. The maximum Gasteiger partial charge on any atom is 0.310 e. The smallest absolute Gasteiger partial charge is 0.310 e. The van der Waals surface area contributed by atoms with Gasteiger partial charge in [0.2, 0.25) is 0 Å². The van der Waals surface area contributed by atoms with Gasteiger partial charge in [0, 0.05) is 0 Å². The highest BCUT2D eigenvalue weighted by molar-refractivity contribution is 5.78. The second-order valence-corrected chi connectivity index (χ2v) is 6.97. The zero-order valence-electron chi connectivity index (χ0n) is 12.7. The van der Waals surface area contributed by atoms with E-state index in [-0.39, 0.29) is 17.3 Å². The van der Waals surface area contributed by atoms with Gasteiger partial charge >= 0.3 is 5.97 Å². The predicted molar refractivity (Wildman–Crippen MR) is 77.7 cm³/mol. The Balaban J connectivity index is 2.21. The van der Waals surface area contributed by atoms with Crippen molar-refractivity contribution >= 4 is 5.97 Å². The van der Waals surface area contributed by atoms with E-state index in [0.717, 1.165) is 25.7 Å². The molecule has 0 aromatic heterocycles. The molecule has 0 amide bonds. The van der Waals surface area contributed by atoms with Crippen molar-refractivity contribution < 1.29 is 9.53 Å². The van der Waals surface area contributed by atoms with E-state index >= 15 is 0 Å². The van der Waals surface area contributed by atoms with Crippen LogP contribution >= 0.6 is 0 Å². The van der Waals surface area contributed by atoms with Gasteiger partial charge < -0.3 is 4.74 Å². The van der Waals surface area contributed by atoms with E-state index < -0.39 is 5.60 Å². The van der Waals surface area contributed by atoms with E-state index in [4.69, 9.17) is 4.74 Å². The van der Waals surface area contributed by atoms with Crippen molar-refractivity contribution in [2.45, 2.75) is 59.0 Å². The van der Waals surface area contributed by atoms with Gasteiger partial charge in [-0.15, -0.1) is 0 Å². The molecule has 1 aliphatic heterocycles. The van der Waals surface area contributed by atoms with Crippen LogP contribution in [0.4, 0.5) is 0 Å². The topological polar surface area (TPSA) is 26.3 Å².